The maximum absolute atomic E-state index is 13.5. The lowest BCUT2D eigenvalue weighted by molar-refractivity contribution is 0.360. The molecule has 3 heterocycles. The van der Waals surface area contributed by atoms with Crippen LogP contribution in [0.1, 0.15) is 45.2 Å². The van der Waals surface area contributed by atoms with E-state index in [1.54, 1.807) is 23.2 Å². The Bertz CT molecular complexity index is 1440. The molecular weight excluding hydrogens is 460 g/mol. The summed E-state index contributed by atoms with van der Waals surface area (Å²) >= 11 is 6.68. The average Bonchev–Trinajstić information content (AvgIpc) is 2.85. The largest absolute Gasteiger partial charge is 0.351 e. The van der Waals surface area contributed by atoms with Crippen LogP contribution in [0.4, 0.5) is 5.95 Å². The molecule has 1 aromatic carbocycles. The molecule has 4 aromatic rings. The van der Waals surface area contributed by atoms with Gasteiger partial charge in [-0.3, -0.25) is 14.3 Å². The van der Waals surface area contributed by atoms with Crippen molar-refractivity contribution in [2.75, 3.05) is 5.32 Å². The van der Waals surface area contributed by atoms with Crippen LogP contribution in [-0.2, 0) is 6.54 Å². The second-order valence-electron chi connectivity index (χ2n) is 9.42. The number of aromatic nitrogens is 5. The number of rotatable bonds is 5. The Kier molecular flexibility index (Phi) is 6.52. The molecule has 3 aromatic heterocycles. The second kappa shape index (κ2) is 9.74. The third-order valence-corrected chi connectivity index (χ3v) is 7.12. The topological polar surface area (TPSA) is 85.6 Å². The van der Waals surface area contributed by atoms with Crippen molar-refractivity contribution in [2.45, 2.75) is 59.0 Å². The average molecular weight is 489 g/mol. The van der Waals surface area contributed by atoms with Gasteiger partial charge >= 0.3 is 0 Å². The van der Waals surface area contributed by atoms with Gasteiger partial charge in [-0.1, -0.05) is 30.7 Å². The fourth-order valence-corrected chi connectivity index (χ4v) is 5.08. The molecule has 7 nitrogen and oxygen atoms in total. The minimum Gasteiger partial charge on any atom is -0.351 e. The van der Waals surface area contributed by atoms with E-state index >= 15 is 0 Å². The summed E-state index contributed by atoms with van der Waals surface area (Å²) in [7, 11) is 0. The second-order valence-corrected chi connectivity index (χ2v) is 9.83. The Hall–Kier alpha value is -3.32. The van der Waals surface area contributed by atoms with E-state index in [0.29, 0.717) is 40.3 Å². The number of nitrogens with one attached hydrogen (secondary N) is 1. The lowest BCUT2D eigenvalue weighted by Crippen LogP contribution is -2.27. The van der Waals surface area contributed by atoms with Gasteiger partial charge in [0, 0.05) is 52.1 Å². The first-order valence-electron chi connectivity index (χ1n) is 12.2. The summed E-state index contributed by atoms with van der Waals surface area (Å²) in [5.41, 5.74) is 4.12. The standard InChI is InChI=1S/C27H29ClN6O/c1-4-34-25-19(14-30-27(33-25)32-20-8-5-16(2)6-9-20)11-22(26(34)35)21-10-7-18(12-23(21)28)24-15-29-13-17(3)31-24/h7,10-16,20H,4-6,8-9H2,1-3H3,(H,30,32,33). The Balaban J connectivity index is 1.51. The van der Waals surface area contributed by atoms with Crippen molar-refractivity contribution in [3.8, 4) is 22.4 Å². The van der Waals surface area contributed by atoms with E-state index < -0.39 is 0 Å². The molecule has 0 bridgehead atoms. The number of aryl methyl sites for hydroxylation is 2. The predicted molar refractivity (Wildman–Crippen MR) is 141 cm³/mol. The summed E-state index contributed by atoms with van der Waals surface area (Å²) < 4.78 is 1.69. The molecule has 0 atom stereocenters. The van der Waals surface area contributed by atoms with Gasteiger partial charge in [-0.25, -0.2) is 9.97 Å². The lowest BCUT2D eigenvalue weighted by Gasteiger charge is -2.26. The summed E-state index contributed by atoms with van der Waals surface area (Å²) in [6.45, 7) is 6.64. The van der Waals surface area contributed by atoms with Gasteiger partial charge in [-0.05, 0) is 57.6 Å². The van der Waals surface area contributed by atoms with E-state index in [0.717, 1.165) is 41.1 Å². The van der Waals surface area contributed by atoms with Crippen LogP contribution in [0.5, 0.6) is 0 Å². The molecule has 0 saturated heterocycles. The van der Waals surface area contributed by atoms with Crippen LogP contribution in [0.15, 0.2) is 47.7 Å². The maximum Gasteiger partial charge on any atom is 0.260 e. The van der Waals surface area contributed by atoms with Crippen molar-refractivity contribution in [3.63, 3.8) is 0 Å². The molecular formula is C27H29ClN6O. The maximum atomic E-state index is 13.5. The molecule has 0 aliphatic heterocycles. The number of halogens is 1. The third kappa shape index (κ3) is 4.78. The lowest BCUT2D eigenvalue weighted by atomic mass is 9.87. The SMILES string of the molecule is CCn1c(=O)c(-c2ccc(-c3cncc(C)n3)cc2Cl)cc2cnc(NC3CCC(C)CC3)nc21. The minimum absolute atomic E-state index is 0.124. The van der Waals surface area contributed by atoms with Crippen LogP contribution in [0.2, 0.25) is 5.02 Å². The summed E-state index contributed by atoms with van der Waals surface area (Å²) in [5.74, 6) is 1.35. The smallest absolute Gasteiger partial charge is 0.260 e. The number of hydrogen-bond donors (Lipinski definition) is 1. The zero-order chi connectivity index (χ0) is 24.5. The number of pyridine rings is 1. The van der Waals surface area contributed by atoms with Crippen molar-refractivity contribution >= 4 is 28.6 Å². The van der Waals surface area contributed by atoms with Crippen LogP contribution in [-0.4, -0.2) is 30.5 Å². The molecule has 0 radical (unpaired) electrons. The molecule has 0 amide bonds. The summed E-state index contributed by atoms with van der Waals surface area (Å²) in [6, 6.07) is 7.82. The number of fused-ring (bicyclic) bond motifs is 1. The van der Waals surface area contributed by atoms with Crippen LogP contribution in [0.3, 0.4) is 0 Å². The Morgan fingerprint density at radius 3 is 2.57 bits per heavy atom. The van der Waals surface area contributed by atoms with Crippen molar-refractivity contribution in [2.24, 2.45) is 5.92 Å². The van der Waals surface area contributed by atoms with E-state index in [1.165, 1.54) is 12.8 Å². The zero-order valence-electron chi connectivity index (χ0n) is 20.3. The van der Waals surface area contributed by atoms with Crippen molar-refractivity contribution < 1.29 is 0 Å². The first-order valence-corrected chi connectivity index (χ1v) is 12.6. The molecule has 0 unspecified atom stereocenters. The number of anilines is 1. The first-order chi connectivity index (χ1) is 16.9. The molecule has 35 heavy (non-hydrogen) atoms. The summed E-state index contributed by atoms with van der Waals surface area (Å²) in [6.07, 6.45) is 9.86. The van der Waals surface area contributed by atoms with E-state index in [9.17, 15) is 4.79 Å². The summed E-state index contributed by atoms with van der Waals surface area (Å²) in [5, 5.41) is 4.76. The van der Waals surface area contributed by atoms with E-state index in [-0.39, 0.29) is 5.56 Å². The highest BCUT2D eigenvalue weighted by Gasteiger charge is 2.20. The van der Waals surface area contributed by atoms with E-state index in [2.05, 4.69) is 27.2 Å². The van der Waals surface area contributed by atoms with Gasteiger partial charge in [0.15, 0.2) is 0 Å². The Morgan fingerprint density at radius 1 is 1.06 bits per heavy atom. The highest BCUT2D eigenvalue weighted by molar-refractivity contribution is 6.33. The first kappa shape index (κ1) is 23.4. The van der Waals surface area contributed by atoms with E-state index in [1.807, 2.05) is 38.1 Å². The van der Waals surface area contributed by atoms with Crippen LogP contribution in [0.25, 0.3) is 33.4 Å². The molecule has 1 N–H and O–H groups in total. The van der Waals surface area contributed by atoms with Crippen LogP contribution < -0.4 is 10.9 Å². The molecule has 1 aliphatic carbocycles. The van der Waals surface area contributed by atoms with Gasteiger partial charge in [0.05, 0.1) is 17.6 Å². The molecule has 1 saturated carbocycles. The van der Waals surface area contributed by atoms with E-state index in [4.69, 9.17) is 16.6 Å². The number of hydrogen-bond acceptors (Lipinski definition) is 6. The van der Waals surface area contributed by atoms with Crippen molar-refractivity contribution in [1.29, 1.82) is 0 Å². The Morgan fingerprint density at radius 2 is 1.86 bits per heavy atom. The van der Waals surface area contributed by atoms with Crippen molar-refractivity contribution in [1.82, 2.24) is 24.5 Å². The number of nitrogens with zero attached hydrogens (tertiary/aromatic N) is 5. The molecule has 180 valence electrons. The molecule has 5 rings (SSSR count). The highest BCUT2D eigenvalue weighted by Crippen LogP contribution is 2.32. The highest BCUT2D eigenvalue weighted by atomic mass is 35.5. The minimum atomic E-state index is -0.124. The zero-order valence-corrected chi connectivity index (χ0v) is 21.0. The number of benzene rings is 1. The van der Waals surface area contributed by atoms with Gasteiger partial charge < -0.3 is 5.32 Å². The monoisotopic (exact) mass is 488 g/mol. The van der Waals surface area contributed by atoms with Gasteiger partial charge in [0.2, 0.25) is 5.95 Å². The normalized spacial score (nSPS) is 18.1. The molecule has 1 fully saturated rings. The van der Waals surface area contributed by atoms with Gasteiger partial charge in [0.25, 0.3) is 5.56 Å². The van der Waals surface area contributed by atoms with Crippen molar-refractivity contribution in [3.05, 3.63) is 63.9 Å². The van der Waals surface area contributed by atoms with Crippen LogP contribution in [0, 0.1) is 12.8 Å². The predicted octanol–water partition coefficient (Wildman–Crippen LogP) is 5.89. The molecule has 0 spiro atoms. The Labute approximate surface area is 209 Å². The quantitative estimate of drug-likeness (QED) is 0.377. The van der Waals surface area contributed by atoms with Gasteiger partial charge in [-0.15, -0.1) is 0 Å². The van der Waals surface area contributed by atoms with Crippen LogP contribution >= 0.6 is 11.6 Å². The van der Waals surface area contributed by atoms with Gasteiger partial charge in [-0.2, -0.15) is 4.98 Å². The third-order valence-electron chi connectivity index (χ3n) is 6.80. The summed E-state index contributed by atoms with van der Waals surface area (Å²) in [4.78, 5) is 31.5. The molecule has 1 aliphatic rings. The fraction of sp³-hybridized carbons (Fsp3) is 0.370. The molecule has 8 heteroatoms. The van der Waals surface area contributed by atoms with Gasteiger partial charge in [0.1, 0.15) is 5.65 Å². The fourth-order valence-electron chi connectivity index (χ4n) is 4.80.